The Bertz CT molecular complexity index is 3110. The van der Waals surface area contributed by atoms with Gasteiger partial charge >= 0.3 is 82.8 Å². The molecule has 11 aliphatic rings. The van der Waals surface area contributed by atoms with Crippen molar-refractivity contribution in [3.8, 4) is 0 Å². The Morgan fingerprint density at radius 1 is 0.575 bits per heavy atom. The second-order valence-corrected chi connectivity index (χ2v) is 72.8. The maximum atomic E-state index is 12.9. The van der Waals surface area contributed by atoms with Crippen LogP contribution in [0.25, 0.3) is 0 Å². The van der Waals surface area contributed by atoms with Gasteiger partial charge in [0.25, 0.3) is 0 Å². The average Bonchev–Trinajstić information content (AvgIpc) is 1.67. The zero-order chi connectivity index (χ0) is 81.0. The van der Waals surface area contributed by atoms with E-state index in [1.165, 1.54) is 116 Å². The molecule has 0 aromatic heterocycles. The van der Waals surface area contributed by atoms with Crippen molar-refractivity contribution in [2.75, 3.05) is 86.1 Å². The van der Waals surface area contributed by atoms with Crippen LogP contribution in [-0.4, -0.2) is 173 Å². The Hall–Kier alpha value is -1.99. The van der Waals surface area contributed by atoms with Crippen LogP contribution in [0.4, 0.5) is 0 Å². The number of esters is 3. The number of rotatable bonds is 32. The standard InChI is InChI=1S/C44H73N3O7.C39H66N2O5.C4H4O3.2CH4.3HI.V/c1-29(2)9-8-10-31(4)36-13-14-37-35-12-11-32-24-34(17-19-43(32,5)38(35)18-20-44(36,37)6)53-27-40(49)46-21-22-52-28-41(50)47-25-30(3)23-33(47)26-54-42(51)16-15-39(48)45-7;1-26(2)8-7-9-28(4)33-12-13-34-32-11-10-29-21-31(14-16-38(29,5)35(32)15-17-39(33,34)6)46-24-36(43)40-18-19-45-25-37(44)41-22-27(3)20-30(41)23-42;5-3-1-2-4(6)7-3;;;;;;/h11,29-31,33-38H,8-10,12-28H2,1-7H3,(H,45,48)(H,46,49);10,26-28,30-35,42H,7-9,11-25H2,1-6H3,(H,40,43);1-2H2;2*1H4;3*1H;/q;;;;;;;;+3/p-3/t30-,31?,33+,34+,35?,36?,37?,38?,43+,44-;27-,28?,30+,31+,32?,33?,34?,35?,38+,39-;;;;;;;/m11......./s1. The van der Waals surface area contributed by atoms with Gasteiger partial charge < -0.3 is 59.3 Å². The minimum atomic E-state index is -0.450. The molecule has 20 nitrogen and oxygen atoms in total. The summed E-state index contributed by atoms with van der Waals surface area (Å²) in [5.41, 5.74) is 4.73. The minimum absolute atomic E-state index is 0. The van der Waals surface area contributed by atoms with Gasteiger partial charge in [0.2, 0.25) is 29.5 Å². The molecule has 3 saturated heterocycles. The number of ether oxygens (including phenoxy) is 6. The molecular weight excluding hydrogens is 1810 g/mol. The van der Waals surface area contributed by atoms with Crippen molar-refractivity contribution in [1.82, 2.24) is 25.8 Å². The number of hydrogen-bond donors (Lipinski definition) is 4. The Labute approximate surface area is 719 Å². The van der Waals surface area contributed by atoms with E-state index in [4.69, 9.17) is 23.7 Å². The van der Waals surface area contributed by atoms with Gasteiger partial charge in [0.15, 0.2) is 0 Å². The Morgan fingerprint density at radius 3 is 1.40 bits per heavy atom. The third-order valence-electron chi connectivity index (χ3n) is 29.1. The Balaban J connectivity index is 0.000000307. The molecule has 0 spiro atoms. The van der Waals surface area contributed by atoms with Crippen LogP contribution in [0.1, 0.15) is 278 Å². The maximum absolute atomic E-state index is 12.9. The summed E-state index contributed by atoms with van der Waals surface area (Å²) in [4.78, 5) is 97.2. The van der Waals surface area contributed by atoms with E-state index in [9.17, 15) is 43.5 Å². The molecule has 0 radical (unpaired) electrons. The van der Waals surface area contributed by atoms with Crippen LogP contribution in [0.15, 0.2) is 23.3 Å². The molecule has 5 amide bonds. The van der Waals surface area contributed by atoms with Gasteiger partial charge in [-0.25, -0.2) is 0 Å². The van der Waals surface area contributed by atoms with Gasteiger partial charge in [-0.3, -0.25) is 38.4 Å². The van der Waals surface area contributed by atoms with E-state index in [0.717, 1.165) is 116 Å². The molecule has 0 bridgehead atoms. The van der Waals surface area contributed by atoms with Crippen molar-refractivity contribution >= 4 is 107 Å². The number of carbonyl (C=O) groups excluding carboxylic acids is 8. The van der Waals surface area contributed by atoms with E-state index >= 15 is 0 Å². The molecule has 648 valence electrons. The van der Waals surface area contributed by atoms with E-state index in [2.05, 4.69) is 176 Å². The van der Waals surface area contributed by atoms with Gasteiger partial charge in [0.1, 0.15) is 33.0 Å². The zero-order valence-corrected chi connectivity index (χ0v) is 77.8. The van der Waals surface area contributed by atoms with Crippen LogP contribution in [0.5, 0.6) is 0 Å². The van der Waals surface area contributed by atoms with Crippen molar-refractivity contribution < 1.29 is 76.8 Å². The van der Waals surface area contributed by atoms with Crippen molar-refractivity contribution in [2.45, 2.75) is 302 Å². The summed E-state index contributed by atoms with van der Waals surface area (Å²) in [5, 5.41) is 17.8. The van der Waals surface area contributed by atoms with E-state index in [1.807, 2.05) is 0 Å². The molecule has 10 unspecified atom stereocenters. The van der Waals surface area contributed by atoms with Crippen molar-refractivity contribution in [3.63, 3.8) is 0 Å². The van der Waals surface area contributed by atoms with Gasteiger partial charge in [0.05, 0.1) is 63.4 Å². The van der Waals surface area contributed by atoms with Crippen LogP contribution in [0, 0.1) is 105 Å². The summed E-state index contributed by atoms with van der Waals surface area (Å²) in [6.45, 7) is 31.6. The van der Waals surface area contributed by atoms with Crippen molar-refractivity contribution in [2.24, 2.45) is 105 Å². The summed E-state index contributed by atoms with van der Waals surface area (Å²) in [6, 6.07) is -0.320. The molecule has 0 aromatic rings. The Morgan fingerprint density at radius 2 is 1.00 bits per heavy atom. The molecule has 8 aliphatic carbocycles. The normalized spacial score (nSPS) is 33.0. The molecule has 0 aromatic carbocycles. The molecule has 113 heavy (non-hydrogen) atoms. The monoisotopic (exact) mass is 1960 g/mol. The van der Waals surface area contributed by atoms with Crippen LogP contribution < -0.4 is 16.0 Å². The second kappa shape index (κ2) is 47.4. The number of halogens is 3. The fourth-order valence-corrected chi connectivity index (χ4v) is 23.4. The van der Waals surface area contributed by atoms with Crippen molar-refractivity contribution in [3.05, 3.63) is 23.3 Å². The number of nitrogens with zero attached hydrogens (tertiary/aromatic N) is 2. The number of fused-ring (bicyclic) bond motifs is 10. The predicted octanol–water partition coefficient (Wildman–Crippen LogP) is 17.4. The van der Waals surface area contributed by atoms with Gasteiger partial charge in [0, 0.05) is 39.6 Å². The fourth-order valence-electron chi connectivity index (χ4n) is 23.4. The van der Waals surface area contributed by atoms with Gasteiger partial charge in [-0.2, -0.15) is 0 Å². The molecule has 9 fully saturated rings. The van der Waals surface area contributed by atoms with Crippen molar-refractivity contribution in [1.29, 1.82) is 0 Å². The molecule has 20 atom stereocenters. The zero-order valence-electron chi connectivity index (χ0n) is 70.0. The number of nitrogens with one attached hydrogen (secondary N) is 3. The third-order valence-corrected chi connectivity index (χ3v) is 29.1. The van der Waals surface area contributed by atoms with E-state index in [1.54, 1.807) is 20.9 Å². The number of hydrogen-bond acceptors (Lipinski definition) is 15. The van der Waals surface area contributed by atoms with E-state index in [0.29, 0.717) is 42.9 Å². The van der Waals surface area contributed by atoms with E-state index in [-0.39, 0.29) is 169 Å². The molecule has 3 aliphatic heterocycles. The van der Waals surface area contributed by atoms with E-state index < -0.39 is 17.9 Å². The number of amides is 5. The number of likely N-dealkylation sites (tertiary alicyclic amines) is 2. The molecule has 24 heteroatoms. The summed E-state index contributed by atoms with van der Waals surface area (Å²) >= 11 is 7.39. The van der Waals surface area contributed by atoms with Crippen LogP contribution in [-0.2, 0) is 71.7 Å². The third kappa shape index (κ3) is 27.8. The van der Waals surface area contributed by atoms with Crippen LogP contribution in [0.3, 0.4) is 0 Å². The number of aliphatic hydroxyl groups excluding tert-OH is 1. The first-order chi connectivity index (χ1) is 52.7. The first-order valence-electron chi connectivity index (χ1n) is 43.1. The molecule has 6 saturated carbocycles. The average molecular weight is 1960 g/mol. The summed E-state index contributed by atoms with van der Waals surface area (Å²) in [7, 11) is 1.53. The Kier molecular flexibility index (Phi) is 41.9. The summed E-state index contributed by atoms with van der Waals surface area (Å²) < 4.78 is 33.0. The number of aliphatic hydroxyl groups is 1. The predicted molar refractivity (Wildman–Crippen MR) is 469 cm³/mol. The van der Waals surface area contributed by atoms with Gasteiger partial charge in [-0.15, -0.1) is 0 Å². The fraction of sp³-hybridized carbons (Fsp3) is 0.865. The quantitative estimate of drug-likeness (QED) is 0.0161. The van der Waals surface area contributed by atoms with Crippen LogP contribution in [0.2, 0.25) is 0 Å². The summed E-state index contributed by atoms with van der Waals surface area (Å²) in [6.07, 6.45) is 35.7. The molecular formula is C89H151I3N5O15V. The number of cyclic esters (lactones) is 2. The topological polar surface area (TPSA) is 255 Å². The first kappa shape index (κ1) is 99.8. The molecule has 3 heterocycles. The first-order valence-corrected chi connectivity index (χ1v) is 56.6. The number of allylic oxidation sites excluding steroid dienone is 2. The second-order valence-electron chi connectivity index (χ2n) is 37.4. The van der Waals surface area contributed by atoms with Gasteiger partial charge in [-0.1, -0.05) is 160 Å². The number of carbonyl (C=O) groups is 8. The SMILES string of the molecule is C.C.CC(C)CCCC(C)C1CCC2C3CC=C4C[C@@H](OCC(=O)NCCOCC(=O)N5C[C@H](C)C[C@H]5CO)CC[C@]4(C)C3CC[C@]12C.CNC(=O)CCC(=O)OC[C@@H]1C[C@@H](C)CN1C(=O)COCCNC(=O)CO[C@H]1CC[C@@]2(C)C(=CCC3C4CCC(C(C)CCCC(C)C)[C@@]4(C)CCC32)C1.O=C1CCC(=O)O1.[I][V]([I])[I]. The van der Waals surface area contributed by atoms with Gasteiger partial charge in [-0.05, 0) is 220 Å². The summed E-state index contributed by atoms with van der Waals surface area (Å²) in [5.74, 6) is 8.67. The molecule has 4 N–H and O–H groups in total. The van der Waals surface area contributed by atoms with Crippen LogP contribution >= 0.6 is 59.9 Å². The molecule has 11 rings (SSSR count).